The largest absolute Gasteiger partial charge is 0.476 e. The predicted octanol–water partition coefficient (Wildman–Crippen LogP) is 3.37. The van der Waals surface area contributed by atoms with Gasteiger partial charge in [-0.15, -0.1) is 0 Å². The molecule has 0 aliphatic rings. The molecule has 0 spiro atoms. The number of nitrogens with zero attached hydrogens (tertiary/aromatic N) is 2. The van der Waals surface area contributed by atoms with Crippen LogP contribution >= 0.6 is 27.7 Å². The number of nitrogen functional groups attached to an aromatic ring is 1. The summed E-state index contributed by atoms with van der Waals surface area (Å²) in [5.74, 6) is 0.437. The Hall–Kier alpha value is -1.27. The van der Waals surface area contributed by atoms with Crippen LogP contribution < -0.4 is 10.5 Å². The topological polar surface area (TPSA) is 61.0 Å². The summed E-state index contributed by atoms with van der Waals surface area (Å²) >= 11 is 4.88. The molecule has 1 aromatic heterocycles. The standard InChI is InChI=1S/C12H12BrN3OS/c1-2-17-11-10(14)12(16-7-15-11)18-9-5-3-8(13)4-6-9/h3-7H,2,14H2,1H3. The average Bonchev–Trinajstić information content (AvgIpc) is 2.37. The lowest BCUT2D eigenvalue weighted by atomic mass is 10.4. The molecular formula is C12H12BrN3OS. The van der Waals surface area contributed by atoms with Crippen molar-refractivity contribution in [3.63, 3.8) is 0 Å². The molecule has 0 aliphatic carbocycles. The SMILES string of the molecule is CCOc1ncnc(Sc2ccc(Br)cc2)c1N. The van der Waals surface area contributed by atoms with E-state index >= 15 is 0 Å². The van der Waals surface area contributed by atoms with Crippen molar-refractivity contribution in [1.82, 2.24) is 9.97 Å². The lowest BCUT2D eigenvalue weighted by Crippen LogP contribution is -2.02. The molecule has 0 aliphatic heterocycles. The van der Waals surface area contributed by atoms with E-state index in [1.54, 1.807) is 0 Å². The molecule has 0 unspecified atom stereocenters. The number of anilines is 1. The molecule has 18 heavy (non-hydrogen) atoms. The molecule has 1 heterocycles. The molecule has 2 N–H and O–H groups in total. The fourth-order valence-corrected chi connectivity index (χ4v) is 2.37. The summed E-state index contributed by atoms with van der Waals surface area (Å²) < 4.78 is 6.38. The number of benzene rings is 1. The Labute approximate surface area is 118 Å². The van der Waals surface area contributed by atoms with Crippen molar-refractivity contribution in [3.8, 4) is 5.88 Å². The van der Waals surface area contributed by atoms with Crippen molar-refractivity contribution in [1.29, 1.82) is 0 Å². The van der Waals surface area contributed by atoms with Gasteiger partial charge >= 0.3 is 0 Å². The van der Waals surface area contributed by atoms with Crippen LogP contribution in [-0.2, 0) is 0 Å². The van der Waals surface area contributed by atoms with E-state index in [2.05, 4.69) is 25.9 Å². The fourth-order valence-electron chi connectivity index (χ4n) is 1.31. The lowest BCUT2D eigenvalue weighted by molar-refractivity contribution is 0.327. The second-order valence-electron chi connectivity index (χ2n) is 3.39. The van der Waals surface area contributed by atoms with E-state index in [1.165, 1.54) is 18.1 Å². The Morgan fingerprint density at radius 1 is 1.28 bits per heavy atom. The normalized spacial score (nSPS) is 10.3. The minimum atomic E-state index is 0.437. The molecule has 1 aromatic carbocycles. The number of rotatable bonds is 4. The van der Waals surface area contributed by atoms with Crippen molar-refractivity contribution in [2.45, 2.75) is 16.8 Å². The van der Waals surface area contributed by atoms with E-state index in [1.807, 2.05) is 31.2 Å². The Bertz CT molecular complexity index is 533. The zero-order valence-corrected chi connectivity index (χ0v) is 12.2. The van der Waals surface area contributed by atoms with Gasteiger partial charge in [-0.05, 0) is 31.2 Å². The highest BCUT2D eigenvalue weighted by Crippen LogP contribution is 2.34. The number of hydrogen-bond donors (Lipinski definition) is 1. The first-order valence-electron chi connectivity index (χ1n) is 5.37. The molecular weight excluding hydrogens is 314 g/mol. The first kappa shape index (κ1) is 13.2. The Kier molecular flexibility index (Phi) is 4.43. The highest BCUT2D eigenvalue weighted by Gasteiger charge is 2.10. The molecule has 0 fully saturated rings. The molecule has 0 atom stereocenters. The van der Waals surface area contributed by atoms with E-state index in [4.69, 9.17) is 10.5 Å². The molecule has 0 bridgehead atoms. The molecule has 2 aromatic rings. The van der Waals surface area contributed by atoms with Gasteiger partial charge in [-0.2, -0.15) is 4.98 Å². The number of halogens is 1. The number of aromatic nitrogens is 2. The lowest BCUT2D eigenvalue weighted by Gasteiger charge is -2.08. The molecule has 94 valence electrons. The summed E-state index contributed by atoms with van der Waals surface area (Å²) in [6.07, 6.45) is 1.46. The van der Waals surface area contributed by atoms with Gasteiger partial charge in [0.2, 0.25) is 5.88 Å². The first-order chi connectivity index (χ1) is 8.70. The monoisotopic (exact) mass is 325 g/mol. The third-order valence-corrected chi connectivity index (χ3v) is 3.68. The number of ether oxygens (including phenoxy) is 1. The second kappa shape index (κ2) is 6.06. The first-order valence-corrected chi connectivity index (χ1v) is 6.98. The van der Waals surface area contributed by atoms with Crippen molar-refractivity contribution in [2.24, 2.45) is 0 Å². The summed E-state index contributed by atoms with van der Waals surface area (Å²) in [6, 6.07) is 7.94. The molecule has 4 nitrogen and oxygen atoms in total. The van der Waals surface area contributed by atoms with Crippen LogP contribution in [-0.4, -0.2) is 16.6 Å². The van der Waals surface area contributed by atoms with Crippen molar-refractivity contribution in [2.75, 3.05) is 12.3 Å². The van der Waals surface area contributed by atoms with Gasteiger partial charge in [0.05, 0.1) is 6.61 Å². The zero-order chi connectivity index (χ0) is 13.0. The Morgan fingerprint density at radius 3 is 2.67 bits per heavy atom. The van der Waals surface area contributed by atoms with E-state index < -0.39 is 0 Å². The van der Waals surface area contributed by atoms with E-state index in [0.29, 0.717) is 23.2 Å². The minimum absolute atomic E-state index is 0.437. The van der Waals surface area contributed by atoms with Crippen LogP contribution in [0.25, 0.3) is 0 Å². The second-order valence-corrected chi connectivity index (χ2v) is 5.36. The highest BCUT2D eigenvalue weighted by atomic mass is 79.9. The van der Waals surface area contributed by atoms with Gasteiger partial charge in [0.15, 0.2) is 0 Å². The maximum absolute atomic E-state index is 5.97. The van der Waals surface area contributed by atoms with Gasteiger partial charge in [-0.3, -0.25) is 0 Å². The summed E-state index contributed by atoms with van der Waals surface area (Å²) in [7, 11) is 0. The molecule has 0 radical (unpaired) electrons. The van der Waals surface area contributed by atoms with Gasteiger partial charge in [-0.1, -0.05) is 27.7 Å². The van der Waals surface area contributed by atoms with E-state index in [-0.39, 0.29) is 0 Å². The quantitative estimate of drug-likeness (QED) is 0.873. The Balaban J connectivity index is 2.23. The van der Waals surface area contributed by atoms with Crippen molar-refractivity contribution in [3.05, 3.63) is 35.1 Å². The predicted molar refractivity (Wildman–Crippen MR) is 75.9 cm³/mol. The van der Waals surface area contributed by atoms with Crippen LogP contribution in [0, 0.1) is 0 Å². The highest BCUT2D eigenvalue weighted by molar-refractivity contribution is 9.10. The van der Waals surface area contributed by atoms with Crippen LogP contribution in [0.4, 0.5) is 5.69 Å². The smallest absolute Gasteiger partial charge is 0.241 e. The third-order valence-electron chi connectivity index (χ3n) is 2.12. The van der Waals surface area contributed by atoms with Gasteiger partial charge in [0.1, 0.15) is 17.0 Å². The summed E-state index contributed by atoms with van der Waals surface area (Å²) in [6.45, 7) is 2.42. The van der Waals surface area contributed by atoms with E-state index in [9.17, 15) is 0 Å². The number of nitrogens with two attached hydrogens (primary N) is 1. The summed E-state index contributed by atoms with van der Waals surface area (Å²) in [5.41, 5.74) is 6.45. The maximum atomic E-state index is 5.97. The molecule has 2 rings (SSSR count). The molecule has 0 saturated carbocycles. The van der Waals surface area contributed by atoms with Crippen LogP contribution in [0.2, 0.25) is 0 Å². The summed E-state index contributed by atoms with van der Waals surface area (Å²) in [5, 5.41) is 0.704. The van der Waals surface area contributed by atoms with Crippen molar-refractivity contribution >= 4 is 33.4 Å². The Morgan fingerprint density at radius 2 is 2.00 bits per heavy atom. The zero-order valence-electron chi connectivity index (χ0n) is 9.76. The van der Waals surface area contributed by atoms with Crippen LogP contribution in [0.5, 0.6) is 5.88 Å². The van der Waals surface area contributed by atoms with Gasteiger partial charge in [0, 0.05) is 9.37 Å². The molecule has 0 amide bonds. The van der Waals surface area contributed by atoms with Crippen LogP contribution in [0.1, 0.15) is 6.92 Å². The number of hydrogen-bond acceptors (Lipinski definition) is 5. The third kappa shape index (κ3) is 3.14. The van der Waals surface area contributed by atoms with Gasteiger partial charge in [-0.25, -0.2) is 4.98 Å². The van der Waals surface area contributed by atoms with Gasteiger partial charge in [0.25, 0.3) is 0 Å². The van der Waals surface area contributed by atoms with Crippen LogP contribution in [0.3, 0.4) is 0 Å². The molecule has 6 heteroatoms. The fraction of sp³-hybridized carbons (Fsp3) is 0.167. The molecule has 0 saturated heterocycles. The maximum Gasteiger partial charge on any atom is 0.241 e. The van der Waals surface area contributed by atoms with Crippen LogP contribution in [0.15, 0.2) is 45.0 Å². The minimum Gasteiger partial charge on any atom is -0.476 e. The van der Waals surface area contributed by atoms with Crippen molar-refractivity contribution < 1.29 is 4.74 Å². The van der Waals surface area contributed by atoms with E-state index in [0.717, 1.165) is 9.37 Å². The summed E-state index contributed by atoms with van der Waals surface area (Å²) in [4.78, 5) is 9.24. The van der Waals surface area contributed by atoms with Gasteiger partial charge < -0.3 is 10.5 Å². The average molecular weight is 326 g/mol.